The highest BCUT2D eigenvalue weighted by Crippen LogP contribution is 2.34. The van der Waals surface area contributed by atoms with Crippen LogP contribution in [0.1, 0.15) is 49.2 Å². The highest BCUT2D eigenvalue weighted by atomic mass is 16.7. The summed E-state index contributed by atoms with van der Waals surface area (Å²) in [7, 11) is 1.61. The molecule has 2 atom stereocenters. The molecule has 2 aliphatic rings. The largest absolute Gasteiger partial charge is 0.497 e. The van der Waals surface area contributed by atoms with Gasteiger partial charge in [-0.1, -0.05) is 13.0 Å². The minimum absolute atomic E-state index is 0.104. The minimum atomic E-state index is -0.141. The molecule has 11 heteroatoms. The molecule has 0 amide bonds. The van der Waals surface area contributed by atoms with Crippen molar-refractivity contribution in [1.82, 2.24) is 30.1 Å². The van der Waals surface area contributed by atoms with E-state index in [1.54, 1.807) is 7.11 Å². The average molecular weight is 533 g/mol. The standard InChI is InChI=1S/C28H32N6O5/c1-3-24(27-30-31-32-34(27)16-22-5-4-10-37-22)33(14-18-6-9-25-26(11-18)39-17-38-25)15-20-12-19-7-8-21(36-2)13-23(19)29-28(20)35/h6-9,11-13,22,24H,3-5,10,14-17H2,1-2H3,(H,29,35)/t22-,24+/m1/s1. The number of fused-ring (bicyclic) bond motifs is 2. The third-order valence-corrected chi connectivity index (χ3v) is 7.41. The molecule has 0 bridgehead atoms. The van der Waals surface area contributed by atoms with E-state index in [0.29, 0.717) is 30.9 Å². The number of pyridine rings is 1. The van der Waals surface area contributed by atoms with Crippen LogP contribution in [0, 0.1) is 0 Å². The zero-order valence-electron chi connectivity index (χ0n) is 22.1. The van der Waals surface area contributed by atoms with Crippen molar-refractivity contribution >= 4 is 10.9 Å². The second-order valence-corrected chi connectivity index (χ2v) is 9.95. The summed E-state index contributed by atoms with van der Waals surface area (Å²) in [5.41, 5.74) is 2.29. The van der Waals surface area contributed by atoms with Gasteiger partial charge in [0.25, 0.3) is 5.56 Å². The van der Waals surface area contributed by atoms with Crippen molar-refractivity contribution in [3.8, 4) is 17.2 Å². The monoisotopic (exact) mass is 532 g/mol. The molecule has 6 rings (SSSR count). The van der Waals surface area contributed by atoms with Crippen molar-refractivity contribution in [3.63, 3.8) is 0 Å². The van der Waals surface area contributed by atoms with Crippen molar-refractivity contribution < 1.29 is 18.9 Å². The van der Waals surface area contributed by atoms with E-state index < -0.39 is 0 Å². The number of nitrogens with one attached hydrogen (secondary N) is 1. The summed E-state index contributed by atoms with van der Waals surface area (Å²) in [6, 6.07) is 13.4. The van der Waals surface area contributed by atoms with Crippen molar-refractivity contribution in [2.24, 2.45) is 0 Å². The average Bonchev–Trinajstić information content (AvgIpc) is 3.72. The zero-order valence-corrected chi connectivity index (χ0v) is 22.1. The van der Waals surface area contributed by atoms with Crippen LogP contribution in [-0.2, 0) is 24.4 Å². The molecule has 1 N–H and O–H groups in total. The van der Waals surface area contributed by atoms with Crippen molar-refractivity contribution in [1.29, 1.82) is 0 Å². The number of H-pyrrole nitrogens is 1. The second kappa shape index (κ2) is 11.0. The fraction of sp³-hybridized carbons (Fsp3) is 0.429. The van der Waals surface area contributed by atoms with Gasteiger partial charge < -0.3 is 23.9 Å². The Bertz CT molecular complexity index is 1510. The number of aromatic amines is 1. The lowest BCUT2D eigenvalue weighted by molar-refractivity contribution is 0.0888. The van der Waals surface area contributed by atoms with Crippen LogP contribution in [0.5, 0.6) is 17.2 Å². The predicted molar refractivity (Wildman–Crippen MR) is 143 cm³/mol. The molecule has 4 heterocycles. The number of aromatic nitrogens is 5. The summed E-state index contributed by atoms with van der Waals surface area (Å²) in [5, 5.41) is 13.7. The molecule has 0 unspecified atom stereocenters. The number of tetrazole rings is 1. The fourth-order valence-electron chi connectivity index (χ4n) is 5.40. The van der Waals surface area contributed by atoms with Crippen molar-refractivity contribution in [2.75, 3.05) is 20.5 Å². The van der Waals surface area contributed by atoms with Gasteiger partial charge in [0.1, 0.15) is 5.75 Å². The van der Waals surface area contributed by atoms with E-state index >= 15 is 0 Å². The number of methoxy groups -OCH3 is 1. The molecule has 0 saturated carbocycles. The Balaban J connectivity index is 1.35. The molecule has 0 aliphatic carbocycles. The molecule has 4 aromatic rings. The van der Waals surface area contributed by atoms with E-state index in [4.69, 9.17) is 18.9 Å². The Kier molecular flexibility index (Phi) is 7.16. The molecule has 2 aromatic heterocycles. The lowest BCUT2D eigenvalue weighted by Crippen LogP contribution is -2.33. The zero-order chi connectivity index (χ0) is 26.8. The molecule has 1 fully saturated rings. The topological polar surface area (TPSA) is 117 Å². The van der Waals surface area contributed by atoms with Crippen LogP contribution in [0.3, 0.4) is 0 Å². The third kappa shape index (κ3) is 5.32. The van der Waals surface area contributed by atoms with Gasteiger partial charge in [-0.3, -0.25) is 9.69 Å². The van der Waals surface area contributed by atoms with E-state index in [9.17, 15) is 4.79 Å². The van der Waals surface area contributed by atoms with Crippen LogP contribution in [0.15, 0.2) is 47.3 Å². The quantitative estimate of drug-likeness (QED) is 0.327. The molecule has 204 valence electrons. The maximum atomic E-state index is 13.2. The summed E-state index contributed by atoms with van der Waals surface area (Å²) in [4.78, 5) is 18.5. The lowest BCUT2D eigenvalue weighted by atomic mass is 10.1. The summed E-state index contributed by atoms with van der Waals surface area (Å²) in [5.74, 6) is 2.91. The van der Waals surface area contributed by atoms with Gasteiger partial charge in [0, 0.05) is 31.3 Å². The Morgan fingerprint density at radius 3 is 2.87 bits per heavy atom. The number of nitrogens with zero attached hydrogens (tertiary/aromatic N) is 5. The number of hydrogen-bond acceptors (Lipinski definition) is 9. The number of ether oxygens (including phenoxy) is 4. The highest BCUT2D eigenvalue weighted by Gasteiger charge is 2.28. The Morgan fingerprint density at radius 1 is 1.15 bits per heavy atom. The first-order valence-electron chi connectivity index (χ1n) is 13.3. The SMILES string of the molecule is CC[C@@H](c1nnnn1C[C@H]1CCCO1)N(Cc1ccc2c(c1)OCO2)Cc1cc2ccc(OC)cc2[nH]c1=O. The smallest absolute Gasteiger partial charge is 0.252 e. The molecule has 1 saturated heterocycles. The molecule has 11 nitrogen and oxygen atoms in total. The number of rotatable bonds is 10. The van der Waals surface area contributed by atoms with Crippen LogP contribution >= 0.6 is 0 Å². The van der Waals surface area contributed by atoms with E-state index in [2.05, 4.69) is 32.3 Å². The van der Waals surface area contributed by atoms with Crippen molar-refractivity contribution in [3.05, 3.63) is 69.8 Å². The van der Waals surface area contributed by atoms with Gasteiger partial charge in [0.15, 0.2) is 17.3 Å². The van der Waals surface area contributed by atoms with Gasteiger partial charge in [0.2, 0.25) is 6.79 Å². The third-order valence-electron chi connectivity index (χ3n) is 7.41. The first-order chi connectivity index (χ1) is 19.1. The molecular formula is C28H32N6O5. The van der Waals surface area contributed by atoms with Gasteiger partial charge in [-0.2, -0.15) is 0 Å². The predicted octanol–water partition coefficient (Wildman–Crippen LogP) is 3.58. The summed E-state index contributed by atoms with van der Waals surface area (Å²) < 4.78 is 24.2. The van der Waals surface area contributed by atoms with Crippen LogP contribution in [-0.4, -0.2) is 56.7 Å². The molecule has 2 aliphatic heterocycles. The summed E-state index contributed by atoms with van der Waals surface area (Å²) >= 11 is 0. The van der Waals surface area contributed by atoms with E-state index in [1.165, 1.54) is 0 Å². The van der Waals surface area contributed by atoms with Crippen LogP contribution in [0.25, 0.3) is 10.9 Å². The highest BCUT2D eigenvalue weighted by molar-refractivity contribution is 5.80. The molecule has 39 heavy (non-hydrogen) atoms. The van der Waals surface area contributed by atoms with Crippen LogP contribution in [0.4, 0.5) is 0 Å². The molecule has 2 aromatic carbocycles. The fourth-order valence-corrected chi connectivity index (χ4v) is 5.40. The maximum Gasteiger partial charge on any atom is 0.252 e. The van der Waals surface area contributed by atoms with Gasteiger partial charge >= 0.3 is 0 Å². The molecule has 0 radical (unpaired) electrons. The Morgan fingerprint density at radius 2 is 2.05 bits per heavy atom. The first kappa shape index (κ1) is 25.3. The maximum absolute atomic E-state index is 13.2. The Hall–Kier alpha value is -3.96. The normalized spacial score (nSPS) is 17.3. The minimum Gasteiger partial charge on any atom is -0.497 e. The van der Waals surface area contributed by atoms with E-state index in [-0.39, 0.29) is 24.5 Å². The van der Waals surface area contributed by atoms with Crippen LogP contribution < -0.4 is 19.8 Å². The Labute approximate surface area is 225 Å². The van der Waals surface area contributed by atoms with Gasteiger partial charge in [0.05, 0.1) is 31.3 Å². The number of hydrogen-bond donors (Lipinski definition) is 1. The van der Waals surface area contributed by atoms with E-state index in [0.717, 1.165) is 59.7 Å². The van der Waals surface area contributed by atoms with Gasteiger partial charge in [-0.05, 0) is 71.0 Å². The van der Waals surface area contributed by atoms with Gasteiger partial charge in [-0.15, -0.1) is 5.10 Å². The molecular weight excluding hydrogens is 500 g/mol. The summed E-state index contributed by atoms with van der Waals surface area (Å²) in [6.07, 6.45) is 2.90. The van der Waals surface area contributed by atoms with E-state index in [1.807, 2.05) is 47.1 Å². The molecule has 0 spiro atoms. The summed E-state index contributed by atoms with van der Waals surface area (Å²) in [6.45, 7) is 4.66. The second-order valence-electron chi connectivity index (χ2n) is 9.95. The lowest BCUT2D eigenvalue weighted by Gasteiger charge is -2.30. The number of benzene rings is 2. The van der Waals surface area contributed by atoms with Gasteiger partial charge in [-0.25, -0.2) is 4.68 Å². The first-order valence-corrected chi connectivity index (χ1v) is 13.3. The van der Waals surface area contributed by atoms with Crippen LogP contribution in [0.2, 0.25) is 0 Å². The van der Waals surface area contributed by atoms with Crippen molar-refractivity contribution in [2.45, 2.75) is 58.0 Å².